The van der Waals surface area contributed by atoms with Crippen LogP contribution in [0.1, 0.15) is 24.0 Å². The first-order chi connectivity index (χ1) is 11.9. The molecule has 0 bridgehead atoms. The zero-order valence-electron chi connectivity index (χ0n) is 13.4. The number of halogens is 4. The molecule has 0 radical (unpaired) electrons. The number of aliphatic imine (C=N–C) groups is 1. The van der Waals surface area contributed by atoms with Gasteiger partial charge < -0.3 is 4.74 Å². The Morgan fingerprint density at radius 3 is 2.40 bits per heavy atom. The molecule has 0 heterocycles. The Morgan fingerprint density at radius 2 is 1.80 bits per heavy atom. The van der Waals surface area contributed by atoms with Crippen LogP contribution < -0.4 is 4.74 Å². The van der Waals surface area contributed by atoms with Gasteiger partial charge in [0.15, 0.2) is 11.6 Å². The van der Waals surface area contributed by atoms with E-state index in [0.717, 1.165) is 37.0 Å². The Kier molecular flexibility index (Phi) is 6.33. The molecule has 0 aliphatic heterocycles. The Labute approximate surface area is 143 Å². The van der Waals surface area contributed by atoms with Crippen LogP contribution >= 0.6 is 0 Å². The molecule has 0 fully saturated rings. The second-order valence-electron chi connectivity index (χ2n) is 5.34. The summed E-state index contributed by atoms with van der Waals surface area (Å²) < 4.78 is 53.5. The molecule has 2 aromatic carbocycles. The monoisotopic (exact) mass is 351 g/mol. The predicted octanol–water partition coefficient (Wildman–Crippen LogP) is 5.98. The molecule has 0 atom stereocenters. The first kappa shape index (κ1) is 18.7. The highest BCUT2D eigenvalue weighted by Gasteiger charge is 2.32. The molecule has 0 unspecified atom stereocenters. The third-order valence-electron chi connectivity index (χ3n) is 3.36. The molecule has 0 aliphatic carbocycles. The van der Waals surface area contributed by atoms with Gasteiger partial charge in [-0.3, -0.25) is 4.99 Å². The smallest absolute Gasteiger partial charge is 0.403 e. The predicted molar refractivity (Wildman–Crippen MR) is 89.9 cm³/mol. The normalized spacial score (nSPS) is 11.7. The molecule has 0 spiro atoms. The molecular formula is C19H17F4NO. The van der Waals surface area contributed by atoms with Crippen LogP contribution in [-0.2, 0) is 6.42 Å². The average Bonchev–Trinajstić information content (AvgIpc) is 2.55. The van der Waals surface area contributed by atoms with Gasteiger partial charge in [-0.1, -0.05) is 30.3 Å². The molecule has 25 heavy (non-hydrogen) atoms. The number of allylic oxidation sites excluding steroid dienone is 1. The molecule has 0 aliphatic rings. The average molecular weight is 351 g/mol. The Balaban J connectivity index is 2.01. The molecule has 2 aromatic rings. The zero-order valence-corrected chi connectivity index (χ0v) is 13.4. The van der Waals surface area contributed by atoms with Crippen molar-refractivity contribution < 1.29 is 22.3 Å². The quantitative estimate of drug-likeness (QED) is 0.260. The summed E-state index contributed by atoms with van der Waals surface area (Å²) in [4.78, 5) is 4.06. The number of unbranched alkanes of at least 4 members (excludes halogenated alkanes) is 1. The van der Waals surface area contributed by atoms with Gasteiger partial charge in [0.25, 0.3) is 0 Å². The molecule has 0 aromatic heterocycles. The van der Waals surface area contributed by atoms with E-state index in [-0.39, 0.29) is 5.69 Å². The van der Waals surface area contributed by atoms with Gasteiger partial charge in [0.1, 0.15) is 0 Å². The summed E-state index contributed by atoms with van der Waals surface area (Å²) in [5.74, 6) is -2.00. The van der Waals surface area contributed by atoms with Crippen molar-refractivity contribution in [1.82, 2.24) is 0 Å². The summed E-state index contributed by atoms with van der Waals surface area (Å²) in [6.45, 7) is 3.68. The number of hydrogen-bond acceptors (Lipinski definition) is 2. The molecule has 132 valence electrons. The lowest BCUT2D eigenvalue weighted by atomic mass is 10.1. The van der Waals surface area contributed by atoms with Gasteiger partial charge in [0, 0.05) is 12.3 Å². The lowest BCUT2D eigenvalue weighted by Crippen LogP contribution is -2.17. The summed E-state index contributed by atoms with van der Waals surface area (Å²) >= 11 is 0. The minimum absolute atomic E-state index is 0.196. The number of alkyl halides is 3. The fourth-order valence-electron chi connectivity index (χ4n) is 2.15. The van der Waals surface area contributed by atoms with Crippen molar-refractivity contribution in [2.75, 3.05) is 0 Å². The summed E-state index contributed by atoms with van der Waals surface area (Å²) in [6, 6.07) is 10.8. The fourth-order valence-corrected chi connectivity index (χ4v) is 2.15. The van der Waals surface area contributed by atoms with Gasteiger partial charge in [-0.25, -0.2) is 4.39 Å². The highest BCUT2D eigenvalue weighted by molar-refractivity contribution is 5.82. The minimum atomic E-state index is -4.93. The van der Waals surface area contributed by atoms with E-state index in [2.05, 4.69) is 16.3 Å². The number of nitrogens with zero attached hydrogens (tertiary/aromatic N) is 1. The number of hydrogen-bond donors (Lipinski definition) is 0. The van der Waals surface area contributed by atoms with Crippen molar-refractivity contribution in [3.05, 3.63) is 72.1 Å². The summed E-state index contributed by atoms with van der Waals surface area (Å²) in [6.07, 6.45) is 1.41. The highest BCUT2D eigenvalue weighted by atomic mass is 19.4. The van der Waals surface area contributed by atoms with E-state index in [1.165, 1.54) is 17.8 Å². The molecule has 6 heteroatoms. The van der Waals surface area contributed by atoms with Crippen molar-refractivity contribution >= 4 is 11.9 Å². The van der Waals surface area contributed by atoms with E-state index in [9.17, 15) is 17.6 Å². The lowest BCUT2D eigenvalue weighted by Gasteiger charge is -2.09. The van der Waals surface area contributed by atoms with Crippen LogP contribution in [0, 0.1) is 5.82 Å². The first-order valence-corrected chi connectivity index (χ1v) is 7.66. The summed E-state index contributed by atoms with van der Waals surface area (Å²) in [5.41, 5.74) is 2.20. The van der Waals surface area contributed by atoms with Gasteiger partial charge in [0.2, 0.25) is 0 Å². The van der Waals surface area contributed by atoms with Crippen molar-refractivity contribution in [2.45, 2.75) is 25.6 Å². The number of ether oxygens (including phenoxy) is 1. The maximum atomic E-state index is 13.6. The van der Waals surface area contributed by atoms with Gasteiger partial charge in [-0.2, -0.15) is 0 Å². The second-order valence-corrected chi connectivity index (χ2v) is 5.34. The third kappa shape index (κ3) is 6.41. The summed E-state index contributed by atoms with van der Waals surface area (Å²) in [5, 5.41) is 0. The van der Waals surface area contributed by atoms with Crippen molar-refractivity contribution in [1.29, 1.82) is 0 Å². The van der Waals surface area contributed by atoms with Crippen LogP contribution in [-0.4, -0.2) is 12.6 Å². The van der Waals surface area contributed by atoms with E-state index in [4.69, 9.17) is 0 Å². The molecule has 0 saturated heterocycles. The molecule has 2 rings (SSSR count). The third-order valence-corrected chi connectivity index (χ3v) is 3.36. The maximum Gasteiger partial charge on any atom is 0.573 e. The van der Waals surface area contributed by atoms with Crippen LogP contribution in [0.15, 0.2) is 60.1 Å². The van der Waals surface area contributed by atoms with Crippen molar-refractivity contribution in [2.24, 2.45) is 4.99 Å². The SMILES string of the molecule is C=CCCCc1ccc(C=Nc2ccc(OC(F)(F)F)c(F)c2)cc1. The largest absolute Gasteiger partial charge is 0.573 e. The van der Waals surface area contributed by atoms with Gasteiger partial charge >= 0.3 is 6.36 Å². The van der Waals surface area contributed by atoms with Crippen LogP contribution in [0.3, 0.4) is 0 Å². The Hall–Kier alpha value is -2.63. The van der Waals surface area contributed by atoms with E-state index in [1.54, 1.807) is 0 Å². The maximum absolute atomic E-state index is 13.6. The molecule has 2 nitrogen and oxygen atoms in total. The van der Waals surface area contributed by atoms with E-state index < -0.39 is 17.9 Å². The second kappa shape index (κ2) is 8.46. The Morgan fingerprint density at radius 1 is 1.08 bits per heavy atom. The molecule has 0 amide bonds. The van der Waals surface area contributed by atoms with Crippen molar-refractivity contribution in [3.63, 3.8) is 0 Å². The lowest BCUT2D eigenvalue weighted by molar-refractivity contribution is -0.275. The van der Waals surface area contributed by atoms with Gasteiger partial charge in [-0.05, 0) is 42.5 Å². The zero-order chi connectivity index (χ0) is 18.3. The Bertz CT molecular complexity index is 736. The van der Waals surface area contributed by atoms with Crippen molar-refractivity contribution in [3.8, 4) is 5.75 Å². The fraction of sp³-hybridized carbons (Fsp3) is 0.211. The number of rotatable bonds is 7. The summed E-state index contributed by atoms with van der Waals surface area (Å²) in [7, 11) is 0. The first-order valence-electron chi connectivity index (χ1n) is 7.66. The topological polar surface area (TPSA) is 21.6 Å². The number of aryl methyl sites for hydroxylation is 1. The standard InChI is InChI=1S/C19H17F4NO/c1-2-3-4-5-14-6-8-15(9-7-14)13-24-16-10-11-18(17(20)12-16)25-19(21,22)23/h2,6-13H,1,3-5H2. The van der Waals surface area contributed by atoms with Crippen LogP contribution in [0.5, 0.6) is 5.75 Å². The van der Waals surface area contributed by atoms with Gasteiger partial charge in [-0.15, -0.1) is 19.8 Å². The number of benzene rings is 2. The molecular weight excluding hydrogens is 334 g/mol. The van der Waals surface area contributed by atoms with E-state index in [0.29, 0.717) is 0 Å². The molecule has 0 N–H and O–H groups in total. The van der Waals surface area contributed by atoms with Crippen LogP contribution in [0.4, 0.5) is 23.2 Å². The molecule has 0 saturated carbocycles. The van der Waals surface area contributed by atoms with Crippen LogP contribution in [0.2, 0.25) is 0 Å². The van der Waals surface area contributed by atoms with Gasteiger partial charge in [0.05, 0.1) is 5.69 Å². The minimum Gasteiger partial charge on any atom is -0.403 e. The van der Waals surface area contributed by atoms with E-state index in [1.807, 2.05) is 30.3 Å². The highest BCUT2D eigenvalue weighted by Crippen LogP contribution is 2.28. The van der Waals surface area contributed by atoms with E-state index >= 15 is 0 Å². The van der Waals surface area contributed by atoms with Crippen LogP contribution in [0.25, 0.3) is 0 Å².